The summed E-state index contributed by atoms with van der Waals surface area (Å²) in [6.45, 7) is 3.51. The number of primary amides is 1. The highest BCUT2D eigenvalue weighted by molar-refractivity contribution is 5.94. The molecule has 0 aromatic carbocycles. The Morgan fingerprint density at radius 2 is 2.10 bits per heavy atom. The zero-order chi connectivity index (χ0) is 15.3. The van der Waals surface area contributed by atoms with Crippen molar-refractivity contribution in [2.24, 2.45) is 11.7 Å². The summed E-state index contributed by atoms with van der Waals surface area (Å²) >= 11 is 0. The standard InChI is InChI=1S/C11H17N5O4/c1-6(2)3-7(11(19)20)13-10(18)8-4-16(15-14-8)5-9(12)17/h4,6-7H,3,5H2,1-2H3,(H2,12,17)(H,13,18)(H,19,20)/t7-/m0/s1. The molecular weight excluding hydrogens is 266 g/mol. The van der Waals surface area contributed by atoms with Crippen LogP contribution in [0.1, 0.15) is 30.8 Å². The molecular formula is C11H17N5O4. The molecule has 1 atom stereocenters. The highest BCUT2D eigenvalue weighted by Gasteiger charge is 2.23. The van der Waals surface area contributed by atoms with E-state index in [1.54, 1.807) is 0 Å². The highest BCUT2D eigenvalue weighted by atomic mass is 16.4. The van der Waals surface area contributed by atoms with Crippen molar-refractivity contribution >= 4 is 17.8 Å². The topological polar surface area (TPSA) is 140 Å². The average Bonchev–Trinajstić information content (AvgIpc) is 2.74. The van der Waals surface area contributed by atoms with Gasteiger partial charge in [-0.2, -0.15) is 0 Å². The van der Waals surface area contributed by atoms with Gasteiger partial charge in [-0.05, 0) is 12.3 Å². The van der Waals surface area contributed by atoms with Crippen molar-refractivity contribution in [1.29, 1.82) is 0 Å². The van der Waals surface area contributed by atoms with E-state index in [2.05, 4.69) is 15.6 Å². The summed E-state index contributed by atoms with van der Waals surface area (Å²) in [7, 11) is 0. The van der Waals surface area contributed by atoms with E-state index in [1.807, 2.05) is 13.8 Å². The third-order valence-electron chi connectivity index (χ3n) is 2.40. The van der Waals surface area contributed by atoms with Crippen LogP contribution in [0.3, 0.4) is 0 Å². The van der Waals surface area contributed by atoms with Crippen molar-refractivity contribution in [1.82, 2.24) is 20.3 Å². The van der Waals surface area contributed by atoms with Crippen LogP contribution in [0.25, 0.3) is 0 Å². The van der Waals surface area contributed by atoms with Crippen LogP contribution in [-0.4, -0.2) is 43.9 Å². The van der Waals surface area contributed by atoms with Gasteiger partial charge in [0.25, 0.3) is 5.91 Å². The first-order chi connectivity index (χ1) is 9.29. The van der Waals surface area contributed by atoms with E-state index in [9.17, 15) is 14.4 Å². The summed E-state index contributed by atoms with van der Waals surface area (Å²) in [5.74, 6) is -2.28. The first kappa shape index (κ1) is 15.6. The molecule has 1 aromatic rings. The Balaban J connectivity index is 2.71. The van der Waals surface area contributed by atoms with Gasteiger partial charge in [-0.3, -0.25) is 9.59 Å². The number of amides is 2. The van der Waals surface area contributed by atoms with Gasteiger partial charge in [0.1, 0.15) is 12.6 Å². The predicted octanol–water partition coefficient (Wildman–Crippen LogP) is -1.01. The molecule has 0 spiro atoms. The van der Waals surface area contributed by atoms with Gasteiger partial charge in [0, 0.05) is 0 Å². The lowest BCUT2D eigenvalue weighted by molar-refractivity contribution is -0.139. The molecule has 0 radical (unpaired) electrons. The van der Waals surface area contributed by atoms with E-state index in [-0.39, 0.29) is 18.2 Å². The number of nitrogens with zero attached hydrogens (tertiary/aromatic N) is 3. The lowest BCUT2D eigenvalue weighted by atomic mass is 10.0. The average molecular weight is 283 g/mol. The maximum atomic E-state index is 11.8. The van der Waals surface area contributed by atoms with Gasteiger partial charge in [-0.25, -0.2) is 9.48 Å². The quantitative estimate of drug-likeness (QED) is 0.585. The van der Waals surface area contributed by atoms with Crippen LogP contribution in [0.5, 0.6) is 0 Å². The summed E-state index contributed by atoms with van der Waals surface area (Å²) in [6, 6.07) is -0.996. The van der Waals surface area contributed by atoms with Crippen LogP contribution in [0.2, 0.25) is 0 Å². The van der Waals surface area contributed by atoms with Crippen molar-refractivity contribution < 1.29 is 19.5 Å². The number of hydrogen-bond acceptors (Lipinski definition) is 5. The molecule has 9 nitrogen and oxygen atoms in total. The van der Waals surface area contributed by atoms with E-state index in [0.717, 1.165) is 4.68 Å². The second kappa shape index (κ2) is 6.64. The number of carbonyl (C=O) groups excluding carboxylic acids is 2. The molecule has 0 aliphatic heterocycles. The van der Waals surface area contributed by atoms with Crippen molar-refractivity contribution in [2.45, 2.75) is 32.9 Å². The Morgan fingerprint density at radius 1 is 1.45 bits per heavy atom. The van der Waals surface area contributed by atoms with Crippen LogP contribution in [-0.2, 0) is 16.1 Å². The first-order valence-corrected chi connectivity index (χ1v) is 6.01. The smallest absolute Gasteiger partial charge is 0.326 e. The van der Waals surface area contributed by atoms with Crippen molar-refractivity contribution in [2.75, 3.05) is 0 Å². The van der Waals surface area contributed by atoms with Crippen molar-refractivity contribution in [3.63, 3.8) is 0 Å². The Morgan fingerprint density at radius 3 is 2.60 bits per heavy atom. The van der Waals surface area contributed by atoms with Crippen molar-refractivity contribution in [3.8, 4) is 0 Å². The molecule has 1 rings (SSSR count). The third-order valence-corrected chi connectivity index (χ3v) is 2.40. The zero-order valence-corrected chi connectivity index (χ0v) is 11.2. The summed E-state index contributed by atoms with van der Waals surface area (Å²) in [5.41, 5.74) is 4.91. The number of nitrogens with one attached hydrogen (secondary N) is 1. The minimum atomic E-state index is -1.11. The molecule has 110 valence electrons. The fourth-order valence-corrected chi connectivity index (χ4v) is 1.56. The highest BCUT2D eigenvalue weighted by Crippen LogP contribution is 2.06. The fraction of sp³-hybridized carbons (Fsp3) is 0.545. The second-order valence-electron chi connectivity index (χ2n) is 4.76. The number of hydrogen-bond donors (Lipinski definition) is 3. The fourth-order valence-electron chi connectivity index (χ4n) is 1.56. The lowest BCUT2D eigenvalue weighted by Gasteiger charge is -2.15. The molecule has 9 heteroatoms. The molecule has 0 unspecified atom stereocenters. The van der Waals surface area contributed by atoms with Gasteiger partial charge in [0.15, 0.2) is 5.69 Å². The molecule has 0 bridgehead atoms. The number of carboxylic acid groups (broad SMARTS) is 1. The molecule has 0 fully saturated rings. The first-order valence-electron chi connectivity index (χ1n) is 6.01. The van der Waals surface area contributed by atoms with Crippen LogP contribution in [0.15, 0.2) is 6.20 Å². The normalized spacial score (nSPS) is 12.2. The minimum Gasteiger partial charge on any atom is -0.480 e. The monoisotopic (exact) mass is 283 g/mol. The Hall–Kier alpha value is -2.45. The summed E-state index contributed by atoms with van der Waals surface area (Å²) in [5, 5.41) is 18.5. The van der Waals surface area contributed by atoms with E-state index in [1.165, 1.54) is 6.20 Å². The molecule has 0 aliphatic rings. The number of nitrogens with two attached hydrogens (primary N) is 1. The van der Waals surface area contributed by atoms with Crippen molar-refractivity contribution in [3.05, 3.63) is 11.9 Å². The number of aromatic nitrogens is 3. The molecule has 0 aliphatic carbocycles. The van der Waals surface area contributed by atoms with Gasteiger partial charge < -0.3 is 16.2 Å². The Bertz CT molecular complexity index is 511. The Labute approximate surface area is 115 Å². The molecule has 0 saturated carbocycles. The predicted molar refractivity (Wildman–Crippen MR) is 67.6 cm³/mol. The van der Waals surface area contributed by atoms with Gasteiger partial charge in [-0.15, -0.1) is 5.10 Å². The maximum absolute atomic E-state index is 11.8. The largest absolute Gasteiger partial charge is 0.480 e. The molecule has 1 aromatic heterocycles. The van der Waals surface area contributed by atoms with Crippen LogP contribution in [0.4, 0.5) is 0 Å². The molecule has 0 saturated heterocycles. The molecule has 2 amide bonds. The zero-order valence-electron chi connectivity index (χ0n) is 11.2. The maximum Gasteiger partial charge on any atom is 0.326 e. The minimum absolute atomic E-state index is 0.0683. The van der Waals surface area contributed by atoms with E-state index in [0.29, 0.717) is 6.42 Å². The number of carbonyl (C=O) groups is 3. The van der Waals surface area contributed by atoms with Crippen LogP contribution >= 0.6 is 0 Å². The third kappa shape index (κ3) is 4.67. The van der Waals surface area contributed by atoms with Crippen LogP contribution < -0.4 is 11.1 Å². The molecule has 1 heterocycles. The SMILES string of the molecule is CC(C)C[C@H](NC(=O)c1cn(CC(N)=O)nn1)C(=O)O. The van der Waals surface area contributed by atoms with E-state index < -0.39 is 23.8 Å². The van der Waals surface area contributed by atoms with Gasteiger partial charge >= 0.3 is 5.97 Å². The number of aliphatic carboxylic acids is 1. The lowest BCUT2D eigenvalue weighted by Crippen LogP contribution is -2.41. The summed E-state index contributed by atoms with van der Waals surface area (Å²) in [6.07, 6.45) is 1.53. The van der Waals surface area contributed by atoms with E-state index >= 15 is 0 Å². The Kier molecular flexibility index (Phi) is 5.18. The van der Waals surface area contributed by atoms with Gasteiger partial charge in [-0.1, -0.05) is 19.1 Å². The number of rotatable bonds is 7. The molecule has 20 heavy (non-hydrogen) atoms. The molecule has 4 N–H and O–H groups in total. The van der Waals surface area contributed by atoms with Crippen LogP contribution in [0, 0.1) is 5.92 Å². The van der Waals surface area contributed by atoms with Gasteiger partial charge in [0.2, 0.25) is 5.91 Å². The van der Waals surface area contributed by atoms with E-state index in [4.69, 9.17) is 10.8 Å². The number of carboxylic acids is 1. The van der Waals surface area contributed by atoms with Gasteiger partial charge in [0.05, 0.1) is 6.20 Å². The summed E-state index contributed by atoms with van der Waals surface area (Å²) in [4.78, 5) is 33.6. The summed E-state index contributed by atoms with van der Waals surface area (Å²) < 4.78 is 1.11. The second-order valence-corrected chi connectivity index (χ2v) is 4.76.